The first-order valence-corrected chi connectivity index (χ1v) is 6.22. The molecular weight excluding hydrogens is 228 g/mol. The van der Waals surface area contributed by atoms with Crippen LogP contribution >= 0.6 is 0 Å². The standard InChI is InChI=1S/C13H18N4O/c1-2-7-17-8-3-4-12(17)13(18)15-6-5-11-9-14-10-16-11/h3-4,8-10H,2,5-7H2,1H3,(H,14,16)(H,15,18). The molecule has 2 N–H and O–H groups in total. The fraction of sp³-hybridized carbons (Fsp3) is 0.385. The van der Waals surface area contributed by atoms with Gasteiger partial charge < -0.3 is 14.9 Å². The number of rotatable bonds is 6. The molecule has 2 rings (SSSR count). The van der Waals surface area contributed by atoms with Crippen molar-refractivity contribution in [3.05, 3.63) is 42.2 Å². The molecule has 5 heteroatoms. The van der Waals surface area contributed by atoms with E-state index in [1.807, 2.05) is 22.9 Å². The van der Waals surface area contributed by atoms with Gasteiger partial charge in [-0.15, -0.1) is 0 Å². The van der Waals surface area contributed by atoms with Crippen LogP contribution in [-0.2, 0) is 13.0 Å². The van der Waals surface area contributed by atoms with Crippen LogP contribution in [0.4, 0.5) is 0 Å². The maximum atomic E-state index is 12.0. The van der Waals surface area contributed by atoms with Crippen molar-refractivity contribution in [1.29, 1.82) is 0 Å². The van der Waals surface area contributed by atoms with Gasteiger partial charge in [-0.2, -0.15) is 0 Å². The van der Waals surface area contributed by atoms with Gasteiger partial charge in [0.25, 0.3) is 5.91 Å². The minimum Gasteiger partial charge on any atom is -0.350 e. The van der Waals surface area contributed by atoms with Gasteiger partial charge >= 0.3 is 0 Å². The molecule has 0 aliphatic rings. The molecule has 18 heavy (non-hydrogen) atoms. The van der Waals surface area contributed by atoms with E-state index in [0.29, 0.717) is 6.54 Å². The van der Waals surface area contributed by atoms with Crippen molar-refractivity contribution in [2.45, 2.75) is 26.3 Å². The summed E-state index contributed by atoms with van der Waals surface area (Å²) in [7, 11) is 0. The van der Waals surface area contributed by atoms with Gasteiger partial charge in [0.15, 0.2) is 0 Å². The van der Waals surface area contributed by atoms with Crippen LogP contribution in [0.5, 0.6) is 0 Å². The molecule has 0 aliphatic heterocycles. The molecule has 2 aromatic heterocycles. The van der Waals surface area contributed by atoms with Crippen LogP contribution in [0.1, 0.15) is 29.5 Å². The highest BCUT2D eigenvalue weighted by Gasteiger charge is 2.09. The first-order chi connectivity index (χ1) is 8.81. The van der Waals surface area contributed by atoms with E-state index in [-0.39, 0.29) is 5.91 Å². The predicted octanol–water partition coefficient (Wildman–Crippen LogP) is 1.59. The molecule has 0 fully saturated rings. The van der Waals surface area contributed by atoms with Gasteiger partial charge in [-0.25, -0.2) is 4.98 Å². The van der Waals surface area contributed by atoms with Crippen LogP contribution in [0, 0.1) is 0 Å². The minimum atomic E-state index is -0.0204. The summed E-state index contributed by atoms with van der Waals surface area (Å²) in [6.07, 6.45) is 7.13. The highest BCUT2D eigenvalue weighted by Crippen LogP contribution is 2.03. The zero-order valence-electron chi connectivity index (χ0n) is 10.5. The zero-order valence-corrected chi connectivity index (χ0v) is 10.5. The summed E-state index contributed by atoms with van der Waals surface area (Å²) >= 11 is 0. The molecule has 0 atom stereocenters. The molecule has 0 aromatic carbocycles. The van der Waals surface area contributed by atoms with E-state index < -0.39 is 0 Å². The van der Waals surface area contributed by atoms with Crippen LogP contribution < -0.4 is 5.32 Å². The number of nitrogens with one attached hydrogen (secondary N) is 2. The van der Waals surface area contributed by atoms with Crippen molar-refractivity contribution in [1.82, 2.24) is 19.9 Å². The van der Waals surface area contributed by atoms with E-state index in [9.17, 15) is 4.79 Å². The van der Waals surface area contributed by atoms with E-state index in [2.05, 4.69) is 22.2 Å². The molecule has 2 heterocycles. The Kier molecular flexibility index (Phi) is 4.17. The highest BCUT2D eigenvalue weighted by molar-refractivity contribution is 5.92. The summed E-state index contributed by atoms with van der Waals surface area (Å²) in [6.45, 7) is 3.58. The van der Waals surface area contributed by atoms with Crippen molar-refractivity contribution >= 4 is 5.91 Å². The molecule has 0 radical (unpaired) electrons. The minimum absolute atomic E-state index is 0.0204. The summed E-state index contributed by atoms with van der Waals surface area (Å²) in [5.41, 5.74) is 1.75. The number of amides is 1. The quantitative estimate of drug-likeness (QED) is 0.813. The molecule has 0 saturated heterocycles. The number of hydrogen-bond acceptors (Lipinski definition) is 2. The molecule has 1 amide bonds. The number of aryl methyl sites for hydroxylation is 1. The summed E-state index contributed by atoms with van der Waals surface area (Å²) in [6, 6.07) is 3.75. The van der Waals surface area contributed by atoms with E-state index in [1.165, 1.54) is 0 Å². The number of carbonyl (C=O) groups is 1. The predicted molar refractivity (Wildman–Crippen MR) is 69.3 cm³/mol. The van der Waals surface area contributed by atoms with Gasteiger partial charge in [0.1, 0.15) is 5.69 Å². The van der Waals surface area contributed by atoms with E-state index >= 15 is 0 Å². The topological polar surface area (TPSA) is 62.7 Å². The van der Waals surface area contributed by atoms with Crippen LogP contribution in [0.2, 0.25) is 0 Å². The second kappa shape index (κ2) is 6.05. The second-order valence-corrected chi connectivity index (χ2v) is 4.17. The van der Waals surface area contributed by atoms with Crippen molar-refractivity contribution in [3.8, 4) is 0 Å². The Morgan fingerprint density at radius 3 is 3.17 bits per heavy atom. The van der Waals surface area contributed by atoms with Gasteiger partial charge in [0, 0.05) is 37.6 Å². The maximum absolute atomic E-state index is 12.0. The molecule has 0 aliphatic carbocycles. The van der Waals surface area contributed by atoms with Crippen molar-refractivity contribution in [2.75, 3.05) is 6.54 Å². The Morgan fingerprint density at radius 2 is 2.44 bits per heavy atom. The lowest BCUT2D eigenvalue weighted by molar-refractivity contribution is 0.0944. The number of carbonyl (C=O) groups excluding carboxylic acids is 1. The molecule has 2 aromatic rings. The Hall–Kier alpha value is -2.04. The second-order valence-electron chi connectivity index (χ2n) is 4.17. The van der Waals surface area contributed by atoms with Gasteiger partial charge in [0.2, 0.25) is 0 Å². The summed E-state index contributed by atoms with van der Waals surface area (Å²) < 4.78 is 1.98. The zero-order chi connectivity index (χ0) is 12.8. The number of imidazole rings is 1. The lowest BCUT2D eigenvalue weighted by Gasteiger charge is -2.08. The van der Waals surface area contributed by atoms with Crippen molar-refractivity contribution in [3.63, 3.8) is 0 Å². The lowest BCUT2D eigenvalue weighted by atomic mass is 10.3. The number of hydrogen-bond donors (Lipinski definition) is 2. The molecule has 96 valence electrons. The molecule has 0 unspecified atom stereocenters. The highest BCUT2D eigenvalue weighted by atomic mass is 16.1. The maximum Gasteiger partial charge on any atom is 0.267 e. The third-order valence-corrected chi connectivity index (χ3v) is 2.76. The van der Waals surface area contributed by atoms with Crippen LogP contribution in [0.3, 0.4) is 0 Å². The van der Waals surface area contributed by atoms with Crippen LogP contribution in [0.15, 0.2) is 30.9 Å². The Bertz CT molecular complexity index is 487. The van der Waals surface area contributed by atoms with E-state index in [0.717, 1.165) is 30.8 Å². The fourth-order valence-electron chi connectivity index (χ4n) is 1.88. The number of nitrogens with zero attached hydrogens (tertiary/aromatic N) is 2. The average Bonchev–Trinajstić information content (AvgIpc) is 3.00. The van der Waals surface area contributed by atoms with Crippen LogP contribution in [-0.4, -0.2) is 27.0 Å². The largest absolute Gasteiger partial charge is 0.350 e. The molecular formula is C13H18N4O. The Labute approximate surface area is 106 Å². The summed E-state index contributed by atoms with van der Waals surface area (Å²) in [5, 5.41) is 2.91. The Balaban J connectivity index is 1.85. The molecule has 5 nitrogen and oxygen atoms in total. The van der Waals surface area contributed by atoms with Gasteiger partial charge in [-0.3, -0.25) is 4.79 Å². The van der Waals surface area contributed by atoms with Gasteiger partial charge in [-0.1, -0.05) is 6.92 Å². The van der Waals surface area contributed by atoms with Gasteiger partial charge in [-0.05, 0) is 18.6 Å². The third kappa shape index (κ3) is 3.00. The average molecular weight is 246 g/mol. The number of H-pyrrole nitrogens is 1. The smallest absolute Gasteiger partial charge is 0.267 e. The molecule has 0 spiro atoms. The first kappa shape index (κ1) is 12.4. The normalized spacial score (nSPS) is 10.5. The molecule has 0 saturated carbocycles. The summed E-state index contributed by atoms with van der Waals surface area (Å²) in [5.74, 6) is -0.0204. The van der Waals surface area contributed by atoms with Gasteiger partial charge in [0.05, 0.1) is 6.33 Å². The lowest BCUT2D eigenvalue weighted by Crippen LogP contribution is -2.27. The SMILES string of the molecule is CCCn1cccc1C(=O)NCCc1cnc[nH]1. The van der Waals surface area contributed by atoms with E-state index in [1.54, 1.807) is 12.5 Å². The van der Waals surface area contributed by atoms with Crippen molar-refractivity contribution < 1.29 is 4.79 Å². The Morgan fingerprint density at radius 1 is 1.56 bits per heavy atom. The summed E-state index contributed by atoms with van der Waals surface area (Å²) in [4.78, 5) is 18.9. The first-order valence-electron chi connectivity index (χ1n) is 6.22. The number of aromatic nitrogens is 3. The molecule has 0 bridgehead atoms. The van der Waals surface area contributed by atoms with E-state index in [4.69, 9.17) is 0 Å². The number of aromatic amines is 1. The fourth-order valence-corrected chi connectivity index (χ4v) is 1.88. The van der Waals surface area contributed by atoms with Crippen molar-refractivity contribution in [2.24, 2.45) is 0 Å². The third-order valence-electron chi connectivity index (χ3n) is 2.76. The van der Waals surface area contributed by atoms with Crippen LogP contribution in [0.25, 0.3) is 0 Å². The monoisotopic (exact) mass is 246 g/mol.